The molecule has 2 aromatic rings. The Kier molecular flexibility index (Phi) is 5.35. The molecule has 126 valence electrons. The van der Waals surface area contributed by atoms with Crippen molar-refractivity contribution in [2.75, 3.05) is 6.61 Å². The van der Waals surface area contributed by atoms with E-state index in [0.717, 1.165) is 42.5 Å². The largest absolute Gasteiger partial charge is 0.462 e. The zero-order valence-electron chi connectivity index (χ0n) is 13.6. The number of benzene rings is 1. The second kappa shape index (κ2) is 7.66. The molecule has 5 nitrogen and oxygen atoms in total. The van der Waals surface area contributed by atoms with Crippen LogP contribution < -0.4 is 5.56 Å². The van der Waals surface area contributed by atoms with Gasteiger partial charge in [0.25, 0.3) is 5.56 Å². The van der Waals surface area contributed by atoms with Crippen molar-refractivity contribution in [3.05, 3.63) is 57.0 Å². The Balaban J connectivity index is 1.62. The highest BCUT2D eigenvalue weighted by Crippen LogP contribution is 2.22. The molecule has 0 radical (unpaired) electrons. The van der Waals surface area contributed by atoms with Crippen LogP contribution in [-0.2, 0) is 23.3 Å². The number of rotatable bonds is 6. The fourth-order valence-electron chi connectivity index (χ4n) is 2.65. The Morgan fingerprint density at radius 3 is 2.83 bits per heavy atom. The first kappa shape index (κ1) is 16.8. The Morgan fingerprint density at radius 2 is 2.08 bits per heavy atom. The van der Waals surface area contributed by atoms with E-state index in [1.807, 2.05) is 19.1 Å². The van der Waals surface area contributed by atoms with Gasteiger partial charge in [0.05, 0.1) is 17.9 Å². The molecule has 24 heavy (non-hydrogen) atoms. The number of ether oxygens (including phenoxy) is 1. The molecule has 6 heteroatoms. The molecule has 1 aromatic heterocycles. The number of hydrogen-bond acceptors (Lipinski definition) is 5. The van der Waals surface area contributed by atoms with Crippen LogP contribution in [0.15, 0.2) is 34.2 Å². The zero-order valence-corrected chi connectivity index (χ0v) is 14.4. The molecule has 1 aliphatic rings. The number of nitrogens with zero attached hydrogens (tertiary/aromatic N) is 1. The van der Waals surface area contributed by atoms with Crippen molar-refractivity contribution >= 4 is 17.7 Å². The van der Waals surface area contributed by atoms with Gasteiger partial charge in [0.15, 0.2) is 5.16 Å². The first-order valence-corrected chi connectivity index (χ1v) is 9.17. The summed E-state index contributed by atoms with van der Waals surface area (Å²) in [6.07, 6.45) is 3.54. The summed E-state index contributed by atoms with van der Waals surface area (Å²) in [4.78, 5) is 31.1. The molecule has 1 aromatic carbocycles. The molecule has 0 aliphatic heterocycles. The van der Waals surface area contributed by atoms with Crippen LogP contribution in [-0.4, -0.2) is 22.5 Å². The van der Waals surface area contributed by atoms with E-state index in [9.17, 15) is 9.59 Å². The number of aromatic amines is 1. The van der Waals surface area contributed by atoms with Gasteiger partial charge < -0.3 is 9.72 Å². The van der Waals surface area contributed by atoms with Crippen LogP contribution in [0.25, 0.3) is 0 Å². The highest BCUT2D eigenvalue weighted by molar-refractivity contribution is 7.98. The molecular weight excluding hydrogens is 324 g/mol. The van der Waals surface area contributed by atoms with Gasteiger partial charge in [-0.25, -0.2) is 9.78 Å². The van der Waals surface area contributed by atoms with Gasteiger partial charge in [-0.3, -0.25) is 4.79 Å². The number of esters is 1. The molecule has 0 atom stereocenters. The minimum atomic E-state index is -0.291. The van der Waals surface area contributed by atoms with E-state index < -0.39 is 0 Å². The molecule has 0 saturated carbocycles. The van der Waals surface area contributed by atoms with Gasteiger partial charge in [0.2, 0.25) is 0 Å². The van der Waals surface area contributed by atoms with E-state index in [4.69, 9.17) is 4.74 Å². The Hall–Kier alpha value is -2.08. The lowest BCUT2D eigenvalue weighted by Crippen LogP contribution is -2.14. The summed E-state index contributed by atoms with van der Waals surface area (Å²) in [6.45, 7) is 2.40. The van der Waals surface area contributed by atoms with Crippen LogP contribution in [0, 0.1) is 0 Å². The fraction of sp³-hybridized carbons (Fsp3) is 0.389. The van der Waals surface area contributed by atoms with Crippen LogP contribution >= 0.6 is 11.8 Å². The fourth-order valence-corrected chi connectivity index (χ4v) is 3.49. The smallest absolute Gasteiger partial charge is 0.338 e. The Labute approximate surface area is 144 Å². The normalized spacial score (nSPS) is 12.9. The minimum absolute atomic E-state index is 0.00554. The van der Waals surface area contributed by atoms with Crippen molar-refractivity contribution in [1.29, 1.82) is 0 Å². The van der Waals surface area contributed by atoms with Gasteiger partial charge in [-0.15, -0.1) is 0 Å². The molecule has 1 N–H and O–H groups in total. The third-order valence-corrected chi connectivity index (χ3v) is 4.87. The highest BCUT2D eigenvalue weighted by Gasteiger charge is 2.17. The van der Waals surface area contributed by atoms with Crippen LogP contribution in [0.1, 0.15) is 46.9 Å². The second-order valence-electron chi connectivity index (χ2n) is 5.77. The summed E-state index contributed by atoms with van der Waals surface area (Å²) in [6, 6.07) is 7.35. The standard InChI is InChI=1S/C18H20N2O3S/c1-2-10-23-17(22)13-8-6-12(7-9-13)11-24-18-19-15-5-3-4-14(15)16(21)20-18/h6-9H,2-5,10-11H2,1H3,(H,19,20,21). The van der Waals surface area contributed by atoms with Crippen molar-refractivity contribution in [3.8, 4) is 0 Å². The van der Waals surface area contributed by atoms with E-state index in [1.54, 1.807) is 12.1 Å². The van der Waals surface area contributed by atoms with Gasteiger partial charge >= 0.3 is 5.97 Å². The van der Waals surface area contributed by atoms with E-state index in [2.05, 4.69) is 9.97 Å². The number of carbonyl (C=O) groups excluding carboxylic acids is 1. The van der Waals surface area contributed by atoms with Gasteiger partial charge in [-0.2, -0.15) is 0 Å². The monoisotopic (exact) mass is 344 g/mol. The summed E-state index contributed by atoms with van der Waals surface area (Å²) in [5, 5.41) is 0.659. The first-order valence-electron chi connectivity index (χ1n) is 8.18. The third-order valence-electron chi connectivity index (χ3n) is 3.92. The van der Waals surface area contributed by atoms with E-state index in [0.29, 0.717) is 23.1 Å². The van der Waals surface area contributed by atoms with Gasteiger partial charge in [-0.05, 0) is 43.4 Å². The average molecular weight is 344 g/mol. The van der Waals surface area contributed by atoms with Crippen molar-refractivity contribution in [1.82, 2.24) is 9.97 Å². The summed E-state index contributed by atoms with van der Waals surface area (Å²) >= 11 is 1.50. The molecule has 1 heterocycles. The summed E-state index contributed by atoms with van der Waals surface area (Å²) in [5.41, 5.74) is 3.40. The summed E-state index contributed by atoms with van der Waals surface area (Å²) < 4.78 is 5.11. The number of nitrogens with one attached hydrogen (secondary N) is 1. The summed E-state index contributed by atoms with van der Waals surface area (Å²) in [7, 11) is 0. The van der Waals surface area contributed by atoms with Crippen LogP contribution in [0.3, 0.4) is 0 Å². The average Bonchev–Trinajstić information content (AvgIpc) is 3.07. The van der Waals surface area contributed by atoms with Gasteiger partial charge in [0, 0.05) is 11.3 Å². The summed E-state index contributed by atoms with van der Waals surface area (Å²) in [5.74, 6) is 0.395. The maximum absolute atomic E-state index is 12.0. The first-order chi connectivity index (χ1) is 11.7. The SMILES string of the molecule is CCCOC(=O)c1ccc(CSc2nc3c(c(=O)[nH]2)CCC3)cc1. The van der Waals surface area contributed by atoms with Gasteiger partial charge in [-0.1, -0.05) is 30.8 Å². The van der Waals surface area contributed by atoms with Crippen LogP contribution in [0.2, 0.25) is 0 Å². The maximum Gasteiger partial charge on any atom is 0.338 e. The number of aromatic nitrogens is 2. The van der Waals surface area contributed by atoms with Crippen LogP contribution in [0.4, 0.5) is 0 Å². The van der Waals surface area contributed by atoms with Gasteiger partial charge in [0.1, 0.15) is 0 Å². The van der Waals surface area contributed by atoms with E-state index in [-0.39, 0.29) is 11.5 Å². The molecule has 0 bridgehead atoms. The lowest BCUT2D eigenvalue weighted by atomic mass is 10.1. The van der Waals surface area contributed by atoms with Crippen molar-refractivity contribution in [2.45, 2.75) is 43.5 Å². The number of thioether (sulfide) groups is 1. The number of fused-ring (bicyclic) bond motifs is 1. The zero-order chi connectivity index (χ0) is 16.9. The predicted octanol–water partition coefficient (Wildman–Crippen LogP) is 3.12. The molecule has 3 rings (SSSR count). The number of hydrogen-bond donors (Lipinski definition) is 1. The van der Waals surface area contributed by atoms with Crippen molar-refractivity contribution in [3.63, 3.8) is 0 Å². The molecule has 1 aliphatic carbocycles. The number of H-pyrrole nitrogens is 1. The van der Waals surface area contributed by atoms with Crippen LogP contribution in [0.5, 0.6) is 0 Å². The van der Waals surface area contributed by atoms with Crippen molar-refractivity contribution < 1.29 is 9.53 Å². The number of carbonyl (C=O) groups is 1. The lowest BCUT2D eigenvalue weighted by Gasteiger charge is -2.06. The van der Waals surface area contributed by atoms with Crippen molar-refractivity contribution in [2.24, 2.45) is 0 Å². The molecule has 0 amide bonds. The highest BCUT2D eigenvalue weighted by atomic mass is 32.2. The predicted molar refractivity (Wildman–Crippen MR) is 93.5 cm³/mol. The Morgan fingerprint density at radius 1 is 1.29 bits per heavy atom. The van der Waals surface area contributed by atoms with E-state index in [1.165, 1.54) is 11.8 Å². The molecule has 0 unspecified atom stereocenters. The topological polar surface area (TPSA) is 72.0 Å². The lowest BCUT2D eigenvalue weighted by molar-refractivity contribution is 0.0505. The maximum atomic E-state index is 12.0. The second-order valence-corrected chi connectivity index (χ2v) is 6.74. The van der Waals surface area contributed by atoms with E-state index >= 15 is 0 Å². The molecule has 0 saturated heterocycles. The Bertz CT molecular complexity index is 784. The third kappa shape index (κ3) is 3.87. The quantitative estimate of drug-likeness (QED) is 0.495. The minimum Gasteiger partial charge on any atom is -0.462 e. The molecule has 0 spiro atoms. The molecule has 0 fully saturated rings. The molecular formula is C18H20N2O3S. The number of aryl methyl sites for hydroxylation is 1.